The standard InChI is InChI=1S/C20H19N3O2.C14H15NO3.C13H13NO3.C12H11N3O.C12H13NO2.C8H7BrO.C8H9ClO.C5H7NO2.Cl3OP.H2N2.H2O.H2/c1-13-7-8-18-16(9-13)17-11-21-23(20(24)19(17)22(18)2)12-14-5-4-6-15(10-14)25-3;1-4-18-14(17)13-11(8-16)10-7-9(2)5-6-12(10)15(13)3;1-3-17-13(16)12-10(7-15)9-6-8(2)4-5-11(9)14-12;1-7-3-4-10-8(5-7)9-6-13-14-12(16)11(9)15(10)2;1-3-15-12(14)11-7-9-6-8(2)4-5-10(9)13-11;1-6-2-3-8(9)7(4-6)5-10;1-10-8-4-2-3-7(5-8)6-9;1-2-8-5(7)3-4-6;1-5(2,3)4;1-2;;/h4-11H,12H2,1-3H3;5-8H,4H2,1-3H3;4-7,14H,3H2,1-2H3;3-6H,1-2H3,(H,14,16);4-7,13H,3H2,1-2H3;2-5H,1H3;2-5H,6H2,1H3;2-3H2,1H3;;1-2H;1H2;1H. The van der Waals surface area contributed by atoms with Crippen molar-refractivity contribution in [1.29, 1.82) is 16.3 Å². The first-order valence-corrected chi connectivity index (χ1v) is 44.5. The molecule has 670 valence electrons. The molecule has 0 amide bonds. The Kier molecular flexibility index (Phi) is 42.0. The summed E-state index contributed by atoms with van der Waals surface area (Å²) in [6.07, 6.45) is 5.60. The number of esters is 4. The molecule has 127 heavy (non-hydrogen) atoms. The van der Waals surface area contributed by atoms with Gasteiger partial charge in [-0.2, -0.15) is 15.5 Å². The molecule has 0 unspecified atom stereocenters. The number of nitrogens with one attached hydrogen (secondary N) is 5. The topological polar surface area (TPSA) is 422 Å². The SMILES string of the molecule is CCOC(=O)CC#N.CCOC(=O)c1[nH]c2ccc(C)cc2c1C=O.CCOC(=O)c1c(C=O)c2cc(C)ccc2n1C.CCOC(=O)c1cc2cc(C)ccc2[nH]1.COc1cccc(CCl)c1.COc1cccc(Cn2ncc3c4cc(C)ccc4n(C)c3c2=O)c1.Cc1ccc(Br)c(C=O)c1.Cc1ccc2c(c1)c1cn[nH]c(=O)c1n2C.N=N.O.O=P(Cl)(Cl)Cl.[HH]. The number of aromatic amines is 3. The number of ether oxygens (including phenoxy) is 6. The lowest BCUT2D eigenvalue weighted by Crippen LogP contribution is -2.24. The highest BCUT2D eigenvalue weighted by Crippen LogP contribution is 2.61. The number of hydrogen-bond donors (Lipinski definition) is 5. The molecule has 7 heterocycles. The third-order valence-electron chi connectivity index (χ3n) is 18.5. The molecule has 0 aliphatic carbocycles. The normalized spacial score (nSPS) is 10.3. The predicted molar refractivity (Wildman–Crippen MR) is 505 cm³/mol. The molecule has 0 spiro atoms. The van der Waals surface area contributed by atoms with E-state index in [1.54, 1.807) is 72.0 Å². The molecule has 8 aromatic carbocycles. The van der Waals surface area contributed by atoms with E-state index in [0.717, 1.165) is 115 Å². The molecule has 15 aromatic rings. The number of methoxy groups -OCH3 is 2. The Morgan fingerprint density at radius 3 is 1.53 bits per heavy atom. The average molecular weight is 1900 g/mol. The number of fused-ring (bicyclic) bond motifs is 9. The van der Waals surface area contributed by atoms with Gasteiger partial charge in [0.05, 0.1) is 76.8 Å². The fourth-order valence-corrected chi connectivity index (χ4v) is 13.4. The van der Waals surface area contributed by atoms with Crippen LogP contribution in [0.25, 0.3) is 76.3 Å². The van der Waals surface area contributed by atoms with Crippen molar-refractivity contribution in [3.05, 3.63) is 280 Å². The van der Waals surface area contributed by atoms with Crippen LogP contribution in [0.4, 0.5) is 0 Å². The van der Waals surface area contributed by atoms with Crippen molar-refractivity contribution >= 4 is 186 Å². The van der Waals surface area contributed by atoms with E-state index in [0.29, 0.717) is 77.3 Å². The molecule has 0 saturated carbocycles. The highest BCUT2D eigenvalue weighted by atomic mass is 79.9. The summed E-state index contributed by atoms with van der Waals surface area (Å²) in [5, 5.41) is 21.9. The zero-order valence-corrected chi connectivity index (χ0v) is 77.9. The van der Waals surface area contributed by atoms with Crippen LogP contribution >= 0.6 is 66.5 Å². The van der Waals surface area contributed by atoms with E-state index in [1.165, 1.54) is 21.4 Å². The number of carbonyl (C=O) groups is 7. The van der Waals surface area contributed by atoms with Crippen molar-refractivity contribution in [3.63, 3.8) is 0 Å². The van der Waals surface area contributed by atoms with Gasteiger partial charge in [-0.1, -0.05) is 110 Å². The number of hydrogen-bond acceptors (Lipinski definition) is 21. The van der Waals surface area contributed by atoms with Gasteiger partial charge in [0.1, 0.15) is 46.0 Å². The van der Waals surface area contributed by atoms with Crippen LogP contribution in [0.5, 0.6) is 11.5 Å². The summed E-state index contributed by atoms with van der Waals surface area (Å²) in [6.45, 7) is 20.7. The molecular formula is C92H100BrCl4N12O17P. The van der Waals surface area contributed by atoms with E-state index in [-0.39, 0.29) is 49.3 Å². The van der Waals surface area contributed by atoms with E-state index in [9.17, 15) is 47.7 Å². The lowest BCUT2D eigenvalue weighted by Gasteiger charge is -2.07. The predicted octanol–water partition coefficient (Wildman–Crippen LogP) is 20.9. The van der Waals surface area contributed by atoms with Gasteiger partial charge in [0, 0.05) is 104 Å². The van der Waals surface area contributed by atoms with Gasteiger partial charge in [-0.05, 0) is 217 Å². The number of H-pyrrole nitrogens is 3. The number of halogens is 5. The largest absolute Gasteiger partial charge is 0.497 e. The van der Waals surface area contributed by atoms with Crippen LogP contribution in [-0.2, 0) is 61.9 Å². The summed E-state index contributed by atoms with van der Waals surface area (Å²) < 4.78 is 46.9. The number of alkyl halides is 1. The summed E-state index contributed by atoms with van der Waals surface area (Å²) in [4.78, 5) is 109. The number of rotatable bonds is 16. The molecule has 7 aromatic heterocycles. The van der Waals surface area contributed by atoms with Gasteiger partial charge in [0.25, 0.3) is 11.1 Å². The molecule has 0 aliphatic heterocycles. The lowest BCUT2D eigenvalue weighted by molar-refractivity contribution is -0.141. The minimum absolute atomic E-state index is 0. The molecule has 7 N–H and O–H groups in total. The first-order valence-electron chi connectivity index (χ1n) is 38.7. The highest BCUT2D eigenvalue weighted by Gasteiger charge is 2.23. The summed E-state index contributed by atoms with van der Waals surface area (Å²) in [5.74, 6) is 0.461. The fraction of sp³-hybridized carbons (Fsp3) is 0.239. The second-order valence-corrected chi connectivity index (χ2v) is 35.2. The lowest BCUT2D eigenvalue weighted by atomic mass is 10.1. The van der Waals surface area contributed by atoms with Crippen molar-refractivity contribution < 1.29 is 73.5 Å². The first kappa shape index (κ1) is 105. The molecule has 0 saturated heterocycles. The van der Waals surface area contributed by atoms with Gasteiger partial charge in [0.15, 0.2) is 18.9 Å². The van der Waals surface area contributed by atoms with Crippen LogP contribution in [0, 0.1) is 63.9 Å². The molecule has 0 bridgehead atoms. The number of benzene rings is 8. The zero-order valence-electron chi connectivity index (χ0n) is 72.4. The van der Waals surface area contributed by atoms with Gasteiger partial charge in [-0.15, -0.1) is 11.6 Å². The van der Waals surface area contributed by atoms with Crippen LogP contribution in [0.3, 0.4) is 0 Å². The van der Waals surface area contributed by atoms with Crippen LogP contribution < -0.4 is 20.6 Å². The number of nitriles is 1. The molecule has 0 aliphatic rings. The smallest absolute Gasteiger partial charge is 0.355 e. The minimum atomic E-state index is -3.22. The van der Waals surface area contributed by atoms with Crippen molar-refractivity contribution in [1.82, 2.24) is 43.6 Å². The van der Waals surface area contributed by atoms with Crippen LogP contribution in [0.15, 0.2) is 190 Å². The second kappa shape index (κ2) is 50.9. The summed E-state index contributed by atoms with van der Waals surface area (Å²) >= 11 is 22.7. The van der Waals surface area contributed by atoms with Gasteiger partial charge >= 0.3 is 29.1 Å². The number of aldehydes is 3. The number of aromatic nitrogens is 9. The molecule has 0 atom stereocenters. The van der Waals surface area contributed by atoms with Gasteiger partial charge in [-0.25, -0.2) is 35.2 Å². The van der Waals surface area contributed by atoms with Crippen LogP contribution in [0.1, 0.15) is 143 Å². The highest BCUT2D eigenvalue weighted by molar-refractivity contribution is 9.10. The fourth-order valence-electron chi connectivity index (χ4n) is 12.9. The van der Waals surface area contributed by atoms with Gasteiger partial charge < -0.3 is 57.6 Å². The maximum atomic E-state index is 13.0. The van der Waals surface area contributed by atoms with E-state index in [4.69, 9.17) is 51.6 Å². The van der Waals surface area contributed by atoms with Crippen LogP contribution in [0.2, 0.25) is 0 Å². The Hall–Kier alpha value is -12.9. The molecule has 35 heteroatoms. The van der Waals surface area contributed by atoms with Gasteiger partial charge in [0.2, 0.25) is 0 Å². The molecule has 0 radical (unpaired) electrons. The Morgan fingerprint density at radius 1 is 0.543 bits per heavy atom. The molecule has 0 fully saturated rings. The summed E-state index contributed by atoms with van der Waals surface area (Å²) in [6, 6.07) is 54.3. The minimum Gasteiger partial charge on any atom is -0.497 e. The van der Waals surface area contributed by atoms with Crippen molar-refractivity contribution in [2.75, 3.05) is 40.6 Å². The monoisotopic (exact) mass is 1890 g/mol. The number of nitrogens with zero attached hydrogens (tertiary/aromatic N) is 7. The van der Waals surface area contributed by atoms with Crippen molar-refractivity contribution in [3.8, 4) is 17.6 Å². The number of carbonyl (C=O) groups excluding carboxylic acids is 7. The Bertz CT molecular complexity index is 6580. The molecular weight excluding hydrogens is 1800 g/mol. The van der Waals surface area contributed by atoms with E-state index in [1.807, 2.05) is 197 Å². The van der Waals surface area contributed by atoms with Crippen molar-refractivity contribution in [2.24, 2.45) is 21.1 Å². The van der Waals surface area contributed by atoms with E-state index >= 15 is 0 Å². The zero-order chi connectivity index (χ0) is 93.2. The van der Waals surface area contributed by atoms with E-state index in [2.05, 4.69) is 111 Å². The molecule has 15 rings (SSSR count). The second-order valence-electron chi connectivity index (χ2n) is 27.5. The third-order valence-corrected chi connectivity index (χ3v) is 19.6. The van der Waals surface area contributed by atoms with Crippen LogP contribution in [-0.4, -0.2) is 133 Å². The quantitative estimate of drug-likeness (QED) is 0.0150. The Balaban J connectivity index is 0.000000308. The number of aryl methyl sites for hydroxylation is 9. The average Bonchev–Trinajstić information content (AvgIpc) is 1.60. The summed E-state index contributed by atoms with van der Waals surface area (Å²) in [7, 11) is 8.86. The first-order chi connectivity index (χ1) is 60.1. The third kappa shape index (κ3) is 29.1. The Morgan fingerprint density at radius 2 is 1.01 bits per heavy atom. The maximum Gasteiger partial charge on any atom is 0.355 e. The maximum absolute atomic E-state index is 13.0. The van der Waals surface area contributed by atoms with Crippen molar-refractivity contribution in [2.45, 2.75) is 88.1 Å². The van der Waals surface area contributed by atoms with Gasteiger partial charge in [-0.3, -0.25) is 33.3 Å². The summed E-state index contributed by atoms with van der Waals surface area (Å²) in [5.41, 5.74) is 27.1. The Labute approximate surface area is 761 Å². The van der Waals surface area contributed by atoms with E-state index < -0.39 is 23.1 Å². The molecule has 29 nitrogen and oxygen atoms in total.